The van der Waals surface area contributed by atoms with Crippen LogP contribution in [0.25, 0.3) is 0 Å². The molecule has 0 radical (unpaired) electrons. The molecule has 0 aromatic heterocycles. The number of hydrogen-bond donors (Lipinski definition) is 2. The van der Waals surface area contributed by atoms with Crippen molar-refractivity contribution in [2.24, 2.45) is 0 Å². The first kappa shape index (κ1) is 15.9. The number of ether oxygens (including phenoxy) is 1. The van der Waals surface area contributed by atoms with Crippen molar-refractivity contribution >= 4 is 11.9 Å². The molecule has 6 heteroatoms. The van der Waals surface area contributed by atoms with E-state index in [-0.39, 0.29) is 25.6 Å². The van der Waals surface area contributed by atoms with Crippen LogP contribution in [0.1, 0.15) is 26.7 Å². The monoisotopic (exact) mass is 247 g/mol. The molecular weight excluding hydrogens is 226 g/mol. The van der Waals surface area contributed by atoms with Crippen LogP contribution in [-0.4, -0.2) is 59.4 Å². The summed E-state index contributed by atoms with van der Waals surface area (Å²) in [6, 6.07) is 0. The Balaban J connectivity index is 3.84. The van der Waals surface area contributed by atoms with Crippen molar-refractivity contribution < 1.29 is 24.5 Å². The second-order valence-electron chi connectivity index (χ2n) is 4.09. The molecule has 0 rings (SSSR count). The molecule has 0 spiro atoms. The maximum absolute atomic E-state index is 10.6. The van der Waals surface area contributed by atoms with E-state index in [4.69, 9.17) is 14.9 Å². The van der Waals surface area contributed by atoms with Gasteiger partial charge in [0.15, 0.2) is 0 Å². The Morgan fingerprint density at radius 2 is 1.82 bits per heavy atom. The van der Waals surface area contributed by atoms with Crippen LogP contribution < -0.4 is 0 Å². The van der Waals surface area contributed by atoms with Gasteiger partial charge in [0.1, 0.15) is 0 Å². The lowest BCUT2D eigenvalue weighted by Gasteiger charge is -2.19. The summed E-state index contributed by atoms with van der Waals surface area (Å²) in [4.78, 5) is 22.6. The van der Waals surface area contributed by atoms with Gasteiger partial charge < -0.3 is 14.9 Å². The van der Waals surface area contributed by atoms with E-state index in [1.807, 2.05) is 13.8 Å². The molecule has 0 heterocycles. The molecule has 0 saturated heterocycles. The number of hydrogen-bond acceptors (Lipinski definition) is 4. The summed E-state index contributed by atoms with van der Waals surface area (Å²) < 4.78 is 5.33. The second kappa shape index (κ2) is 8.95. The SMILES string of the molecule is CC(C)OCCCN(CCC(=O)O)CC(=O)O. The largest absolute Gasteiger partial charge is 0.481 e. The number of rotatable bonds is 10. The van der Waals surface area contributed by atoms with Crippen molar-refractivity contribution in [1.29, 1.82) is 0 Å². The van der Waals surface area contributed by atoms with Gasteiger partial charge in [-0.2, -0.15) is 0 Å². The molecular formula is C11H21NO5. The Kier molecular flexibility index (Phi) is 8.35. The molecule has 100 valence electrons. The summed E-state index contributed by atoms with van der Waals surface area (Å²) in [5, 5.41) is 17.2. The summed E-state index contributed by atoms with van der Waals surface area (Å²) in [6.07, 6.45) is 0.811. The molecule has 0 aromatic rings. The Morgan fingerprint density at radius 3 is 2.29 bits per heavy atom. The summed E-state index contributed by atoms with van der Waals surface area (Å²) >= 11 is 0. The maximum Gasteiger partial charge on any atom is 0.317 e. The van der Waals surface area contributed by atoms with Crippen LogP contribution >= 0.6 is 0 Å². The van der Waals surface area contributed by atoms with E-state index in [0.29, 0.717) is 19.6 Å². The summed E-state index contributed by atoms with van der Waals surface area (Å²) in [5.74, 6) is -1.86. The minimum Gasteiger partial charge on any atom is -0.481 e. The van der Waals surface area contributed by atoms with Gasteiger partial charge in [-0.05, 0) is 20.3 Å². The van der Waals surface area contributed by atoms with Crippen molar-refractivity contribution in [2.45, 2.75) is 32.8 Å². The first-order chi connectivity index (χ1) is 7.91. The fourth-order valence-corrected chi connectivity index (χ4v) is 1.32. The van der Waals surface area contributed by atoms with E-state index in [9.17, 15) is 9.59 Å². The lowest BCUT2D eigenvalue weighted by atomic mass is 10.3. The minimum atomic E-state index is -0.944. The van der Waals surface area contributed by atoms with Crippen LogP contribution in [0, 0.1) is 0 Å². The zero-order chi connectivity index (χ0) is 13.3. The number of carboxylic acid groups (broad SMARTS) is 2. The first-order valence-corrected chi connectivity index (χ1v) is 5.69. The predicted molar refractivity (Wildman–Crippen MR) is 62.0 cm³/mol. The fourth-order valence-electron chi connectivity index (χ4n) is 1.32. The molecule has 17 heavy (non-hydrogen) atoms. The normalized spacial score (nSPS) is 11.1. The maximum atomic E-state index is 10.6. The Hall–Kier alpha value is -1.14. The zero-order valence-electron chi connectivity index (χ0n) is 10.4. The van der Waals surface area contributed by atoms with E-state index in [1.165, 1.54) is 0 Å². The van der Waals surface area contributed by atoms with E-state index < -0.39 is 11.9 Å². The highest BCUT2D eigenvalue weighted by Gasteiger charge is 2.11. The number of carboxylic acids is 2. The van der Waals surface area contributed by atoms with Crippen LogP contribution in [0.2, 0.25) is 0 Å². The minimum absolute atomic E-state index is 0.0433. The molecule has 0 saturated carbocycles. The third kappa shape index (κ3) is 11.1. The zero-order valence-corrected chi connectivity index (χ0v) is 10.4. The Bertz CT molecular complexity index is 242. The molecule has 0 aliphatic carbocycles. The quantitative estimate of drug-likeness (QED) is 0.551. The van der Waals surface area contributed by atoms with E-state index >= 15 is 0 Å². The average Bonchev–Trinajstić information content (AvgIpc) is 2.19. The summed E-state index contributed by atoms with van der Waals surface area (Å²) in [6.45, 7) is 5.07. The third-order valence-electron chi connectivity index (χ3n) is 2.07. The number of nitrogens with zero attached hydrogens (tertiary/aromatic N) is 1. The molecule has 0 aliphatic rings. The molecule has 0 atom stereocenters. The van der Waals surface area contributed by atoms with Crippen molar-refractivity contribution in [3.63, 3.8) is 0 Å². The van der Waals surface area contributed by atoms with Crippen LogP contribution in [0.5, 0.6) is 0 Å². The third-order valence-corrected chi connectivity index (χ3v) is 2.07. The van der Waals surface area contributed by atoms with Gasteiger partial charge in [-0.1, -0.05) is 0 Å². The van der Waals surface area contributed by atoms with Gasteiger partial charge in [-0.15, -0.1) is 0 Å². The lowest BCUT2D eigenvalue weighted by molar-refractivity contribution is -0.141. The van der Waals surface area contributed by atoms with Crippen molar-refractivity contribution in [2.75, 3.05) is 26.2 Å². The smallest absolute Gasteiger partial charge is 0.317 e. The molecule has 2 N–H and O–H groups in total. The van der Waals surface area contributed by atoms with Gasteiger partial charge >= 0.3 is 11.9 Å². The molecule has 0 aliphatic heterocycles. The van der Waals surface area contributed by atoms with Crippen LogP contribution in [0.15, 0.2) is 0 Å². The summed E-state index contributed by atoms with van der Waals surface area (Å²) in [5.41, 5.74) is 0. The molecule has 0 unspecified atom stereocenters. The van der Waals surface area contributed by atoms with Gasteiger partial charge in [-0.3, -0.25) is 14.5 Å². The highest BCUT2D eigenvalue weighted by atomic mass is 16.5. The second-order valence-corrected chi connectivity index (χ2v) is 4.09. The molecule has 0 fully saturated rings. The Labute approximate surface area is 101 Å². The van der Waals surface area contributed by atoms with Gasteiger partial charge in [0.2, 0.25) is 0 Å². The van der Waals surface area contributed by atoms with Crippen molar-refractivity contribution in [3.8, 4) is 0 Å². The van der Waals surface area contributed by atoms with Crippen LogP contribution in [-0.2, 0) is 14.3 Å². The Morgan fingerprint density at radius 1 is 1.18 bits per heavy atom. The highest BCUT2D eigenvalue weighted by Crippen LogP contribution is 1.97. The number of aliphatic carboxylic acids is 2. The van der Waals surface area contributed by atoms with Gasteiger partial charge in [0.25, 0.3) is 0 Å². The van der Waals surface area contributed by atoms with Crippen molar-refractivity contribution in [1.82, 2.24) is 4.90 Å². The van der Waals surface area contributed by atoms with Gasteiger partial charge in [0, 0.05) is 19.7 Å². The molecule has 0 amide bonds. The van der Waals surface area contributed by atoms with Gasteiger partial charge in [0.05, 0.1) is 19.1 Å². The van der Waals surface area contributed by atoms with Crippen LogP contribution in [0.3, 0.4) is 0 Å². The van der Waals surface area contributed by atoms with E-state index in [0.717, 1.165) is 0 Å². The average molecular weight is 247 g/mol. The first-order valence-electron chi connectivity index (χ1n) is 5.69. The highest BCUT2D eigenvalue weighted by molar-refractivity contribution is 5.69. The molecule has 0 aromatic carbocycles. The van der Waals surface area contributed by atoms with Crippen molar-refractivity contribution in [3.05, 3.63) is 0 Å². The number of carbonyl (C=O) groups is 2. The lowest BCUT2D eigenvalue weighted by Crippen LogP contribution is -2.33. The standard InChI is InChI=1S/C11H21NO5/c1-9(2)17-7-3-5-12(8-11(15)16)6-4-10(13)14/h9H,3-8H2,1-2H3,(H,13,14)(H,15,16). The van der Waals surface area contributed by atoms with E-state index in [2.05, 4.69) is 0 Å². The predicted octanol–water partition coefficient (Wildman–Crippen LogP) is 0.663. The van der Waals surface area contributed by atoms with Gasteiger partial charge in [-0.25, -0.2) is 0 Å². The summed E-state index contributed by atoms with van der Waals surface area (Å²) in [7, 11) is 0. The molecule has 0 bridgehead atoms. The van der Waals surface area contributed by atoms with E-state index in [1.54, 1.807) is 4.90 Å². The topological polar surface area (TPSA) is 87.1 Å². The van der Waals surface area contributed by atoms with Crippen LogP contribution in [0.4, 0.5) is 0 Å². The fraction of sp³-hybridized carbons (Fsp3) is 0.818. The molecule has 6 nitrogen and oxygen atoms in total.